The van der Waals surface area contributed by atoms with Crippen molar-refractivity contribution in [3.63, 3.8) is 0 Å². The second kappa shape index (κ2) is 16.5. The van der Waals surface area contributed by atoms with Crippen LogP contribution >= 0.6 is 9.03 Å². The summed E-state index contributed by atoms with van der Waals surface area (Å²) in [5.74, 6) is 0.659. The highest BCUT2D eigenvalue weighted by atomic mass is 31.1. The highest BCUT2D eigenvalue weighted by molar-refractivity contribution is 7.24. The van der Waals surface area contributed by atoms with E-state index in [-0.39, 0.29) is 0 Å². The molecule has 3 heterocycles. The van der Waals surface area contributed by atoms with Gasteiger partial charge in [0.2, 0.25) is 0 Å². The molecule has 0 bridgehead atoms. The molecule has 6 nitrogen and oxygen atoms in total. The van der Waals surface area contributed by atoms with Gasteiger partial charge in [-0.15, -0.1) is 0 Å². The van der Waals surface area contributed by atoms with Gasteiger partial charge in [0, 0.05) is 53.8 Å². The Morgan fingerprint density at radius 3 is 1.35 bits per heavy atom. The minimum absolute atomic E-state index is 0.361. The molecule has 0 aliphatic heterocycles. The molecule has 242 valence electrons. The van der Waals surface area contributed by atoms with Crippen molar-refractivity contribution in [3.05, 3.63) is 133 Å². The monoisotopic (exact) mass is 654 g/mol. The zero-order valence-corrected chi connectivity index (χ0v) is 28.7. The van der Waals surface area contributed by atoms with Gasteiger partial charge >= 0.3 is 0 Å². The molecule has 0 aliphatic carbocycles. The topological polar surface area (TPSA) is 63.0 Å². The number of unbranched alkanes of at least 4 members (excludes halogenated alkanes) is 2. The number of aromatic nitrogens is 4. The maximum atomic E-state index is 9.06. The SMILES string of the molecule is CCCC[n+]1ccc(-c2ccc(-c3cc(-c4ccc(-c5cc[n+](CCCC)cc5)cc4)nc(-c4ccc(COPO)cc4)n3)cc2)cc1. The first-order valence-corrected chi connectivity index (χ1v) is 17.7. The van der Waals surface area contributed by atoms with Crippen LogP contribution in [0.2, 0.25) is 0 Å². The molecule has 0 saturated heterocycles. The second-order valence-electron chi connectivity index (χ2n) is 12.1. The second-order valence-corrected chi connectivity index (χ2v) is 12.5. The van der Waals surface area contributed by atoms with Gasteiger partial charge < -0.3 is 9.42 Å². The van der Waals surface area contributed by atoms with E-state index < -0.39 is 9.03 Å². The van der Waals surface area contributed by atoms with E-state index in [1.54, 1.807) is 0 Å². The molecule has 0 radical (unpaired) electrons. The van der Waals surface area contributed by atoms with Gasteiger partial charge in [-0.25, -0.2) is 19.1 Å². The molecule has 6 aromatic rings. The van der Waals surface area contributed by atoms with Crippen LogP contribution in [0.3, 0.4) is 0 Å². The summed E-state index contributed by atoms with van der Waals surface area (Å²) in [5, 5.41) is 0. The molecule has 1 atom stereocenters. The fraction of sp³-hybridized carbons (Fsp3) is 0.220. The number of pyridine rings is 2. The summed E-state index contributed by atoms with van der Waals surface area (Å²) in [6.07, 6.45) is 13.4. The van der Waals surface area contributed by atoms with Gasteiger partial charge in [0.05, 0.1) is 18.0 Å². The predicted molar refractivity (Wildman–Crippen MR) is 195 cm³/mol. The van der Waals surface area contributed by atoms with Gasteiger partial charge in [0.15, 0.2) is 39.6 Å². The van der Waals surface area contributed by atoms with Crippen molar-refractivity contribution in [3.8, 4) is 56.2 Å². The number of rotatable bonds is 14. The Labute approximate surface area is 285 Å². The fourth-order valence-corrected chi connectivity index (χ4v) is 5.91. The molecule has 1 unspecified atom stereocenters. The van der Waals surface area contributed by atoms with Crippen LogP contribution in [0.4, 0.5) is 0 Å². The number of nitrogens with zero attached hydrogens (tertiary/aromatic N) is 4. The van der Waals surface area contributed by atoms with Gasteiger partial charge in [0.1, 0.15) is 13.1 Å². The predicted octanol–water partition coefficient (Wildman–Crippen LogP) is 9.00. The number of hydrogen-bond donors (Lipinski definition) is 1. The van der Waals surface area contributed by atoms with Crippen molar-refractivity contribution in [1.29, 1.82) is 0 Å². The van der Waals surface area contributed by atoms with E-state index in [4.69, 9.17) is 19.4 Å². The van der Waals surface area contributed by atoms with Crippen LogP contribution in [-0.2, 0) is 24.2 Å². The first-order valence-electron chi connectivity index (χ1n) is 16.8. The molecule has 0 amide bonds. The lowest BCUT2D eigenvalue weighted by molar-refractivity contribution is -0.697. The summed E-state index contributed by atoms with van der Waals surface area (Å²) in [7, 11) is -0.532. The third-order valence-electron chi connectivity index (χ3n) is 8.59. The van der Waals surface area contributed by atoms with Gasteiger partial charge in [-0.1, -0.05) is 99.5 Å². The summed E-state index contributed by atoms with van der Waals surface area (Å²) < 4.78 is 9.68. The van der Waals surface area contributed by atoms with E-state index in [9.17, 15) is 0 Å². The number of hydrogen-bond acceptors (Lipinski definition) is 4. The molecular weight excluding hydrogens is 611 g/mol. The van der Waals surface area contributed by atoms with Gasteiger partial charge in [-0.05, 0) is 33.9 Å². The summed E-state index contributed by atoms with van der Waals surface area (Å²) >= 11 is 0. The van der Waals surface area contributed by atoms with E-state index >= 15 is 0 Å². The largest absolute Gasteiger partial charge is 0.352 e. The van der Waals surface area contributed by atoms with E-state index in [1.165, 1.54) is 47.9 Å². The summed E-state index contributed by atoms with van der Waals surface area (Å²) in [5.41, 5.74) is 10.4. The van der Waals surface area contributed by atoms with Crippen LogP contribution < -0.4 is 9.13 Å². The molecule has 3 aromatic heterocycles. The molecule has 48 heavy (non-hydrogen) atoms. The standard InChI is InChI=1S/C41H43N4O2P/c1-3-5-23-44-25-19-34(20-26-44)32-11-15-36(16-12-32)39-29-40(43-41(42-39)38-9-7-31(8-10-38)30-47-48-46)37-17-13-33(14-18-37)35-21-27-45(28-22-35)24-6-4-2/h7-22,25-29,46,48H,3-6,23-24,30H2,1-2H3/q+2. The highest BCUT2D eigenvalue weighted by Crippen LogP contribution is 2.31. The summed E-state index contributed by atoms with van der Waals surface area (Å²) in [6, 6.07) is 36.1. The third kappa shape index (κ3) is 8.45. The molecular formula is C41H43N4O2P+2. The first-order chi connectivity index (χ1) is 23.6. The smallest absolute Gasteiger partial charge is 0.169 e. The maximum absolute atomic E-state index is 9.06. The van der Waals surface area contributed by atoms with Crippen LogP contribution in [0.25, 0.3) is 56.2 Å². The molecule has 7 heteroatoms. The van der Waals surface area contributed by atoms with Crippen molar-refractivity contribution in [2.45, 2.75) is 59.2 Å². The Morgan fingerprint density at radius 2 is 0.938 bits per heavy atom. The molecule has 0 fully saturated rings. The summed E-state index contributed by atoms with van der Waals surface area (Å²) in [4.78, 5) is 19.1. The molecule has 0 aliphatic rings. The Bertz CT molecular complexity index is 1780. The van der Waals surface area contributed by atoms with E-state index in [2.05, 4.69) is 127 Å². The normalized spacial score (nSPS) is 11.4. The Morgan fingerprint density at radius 1 is 0.542 bits per heavy atom. The quantitative estimate of drug-likeness (QED) is 0.0941. The van der Waals surface area contributed by atoms with Crippen LogP contribution in [0.5, 0.6) is 0 Å². The van der Waals surface area contributed by atoms with Crippen LogP contribution in [-0.4, -0.2) is 14.9 Å². The molecule has 0 spiro atoms. The van der Waals surface area contributed by atoms with E-state index in [0.29, 0.717) is 12.4 Å². The maximum Gasteiger partial charge on any atom is 0.169 e. The first kappa shape index (κ1) is 33.3. The minimum Gasteiger partial charge on any atom is -0.352 e. The van der Waals surface area contributed by atoms with Crippen molar-refractivity contribution < 1.29 is 18.6 Å². The lowest BCUT2D eigenvalue weighted by atomic mass is 10.0. The molecule has 6 rings (SSSR count). The molecule has 1 N–H and O–H groups in total. The van der Waals surface area contributed by atoms with E-state index in [0.717, 1.165) is 46.7 Å². The molecule has 3 aromatic carbocycles. The highest BCUT2D eigenvalue weighted by Gasteiger charge is 2.13. The summed E-state index contributed by atoms with van der Waals surface area (Å²) in [6.45, 7) is 6.89. The number of aryl methyl sites for hydroxylation is 2. The van der Waals surface area contributed by atoms with Crippen molar-refractivity contribution in [1.82, 2.24) is 9.97 Å². The Hall–Kier alpha value is -4.61. The lowest BCUT2D eigenvalue weighted by Gasteiger charge is -2.11. The van der Waals surface area contributed by atoms with Crippen molar-refractivity contribution in [2.24, 2.45) is 0 Å². The van der Waals surface area contributed by atoms with Crippen molar-refractivity contribution >= 4 is 9.03 Å². The van der Waals surface area contributed by atoms with Crippen molar-refractivity contribution in [2.75, 3.05) is 0 Å². The average Bonchev–Trinajstić information content (AvgIpc) is 3.16. The third-order valence-corrected chi connectivity index (χ3v) is 8.87. The van der Waals surface area contributed by atoms with E-state index in [1.807, 2.05) is 24.3 Å². The van der Waals surface area contributed by atoms with Crippen LogP contribution in [0.1, 0.15) is 45.1 Å². The van der Waals surface area contributed by atoms with Gasteiger partial charge in [-0.3, -0.25) is 0 Å². The van der Waals surface area contributed by atoms with Crippen LogP contribution in [0.15, 0.2) is 128 Å². The fourth-order valence-electron chi connectivity index (χ4n) is 5.68. The van der Waals surface area contributed by atoms with Gasteiger partial charge in [-0.2, -0.15) is 0 Å². The Kier molecular flexibility index (Phi) is 11.4. The van der Waals surface area contributed by atoms with Gasteiger partial charge in [0.25, 0.3) is 0 Å². The lowest BCUT2D eigenvalue weighted by Crippen LogP contribution is -2.32. The average molecular weight is 655 g/mol. The number of benzene rings is 3. The zero-order chi connectivity index (χ0) is 33.1. The Balaban J connectivity index is 1.30. The minimum atomic E-state index is -0.532. The molecule has 0 saturated carbocycles. The zero-order valence-electron chi connectivity index (χ0n) is 27.7. The van der Waals surface area contributed by atoms with Crippen LogP contribution in [0, 0.1) is 0 Å².